The van der Waals surface area contributed by atoms with Gasteiger partial charge in [0.15, 0.2) is 0 Å². The monoisotopic (exact) mass is 612 g/mol. The zero-order valence-corrected chi connectivity index (χ0v) is 24.2. The predicted molar refractivity (Wildman–Crippen MR) is 164 cm³/mol. The molecule has 0 aromatic heterocycles. The Morgan fingerprint density at radius 3 is 1.73 bits per heavy atom. The number of rotatable bonds is 12. The number of benzene rings is 4. The van der Waals surface area contributed by atoms with Gasteiger partial charge >= 0.3 is 11.9 Å². The minimum Gasteiger partial charge on any atom is -0.423 e. The topological polar surface area (TPSA) is 166 Å². The lowest BCUT2D eigenvalue weighted by molar-refractivity contribution is -0.757. The van der Waals surface area contributed by atoms with E-state index in [-0.39, 0.29) is 47.6 Å². The first-order valence-corrected chi connectivity index (χ1v) is 13.5. The second kappa shape index (κ2) is 14.8. The van der Waals surface area contributed by atoms with Crippen LogP contribution in [0.5, 0.6) is 11.5 Å². The van der Waals surface area contributed by atoms with Gasteiger partial charge in [-0.3, -0.25) is 9.59 Å². The molecule has 0 saturated heterocycles. The molecule has 0 atom stereocenters. The maximum atomic E-state index is 13.3. The molecule has 4 rings (SSSR count). The van der Waals surface area contributed by atoms with E-state index in [1.54, 1.807) is 77.7 Å². The zero-order valence-electron chi connectivity index (χ0n) is 24.2. The first-order valence-electron chi connectivity index (χ1n) is 13.5. The summed E-state index contributed by atoms with van der Waals surface area (Å²) in [6.45, 7) is 2.42. The number of hydrogen-bond acceptors (Lipinski definition) is 10. The molecule has 0 spiro atoms. The highest BCUT2D eigenvalue weighted by Crippen LogP contribution is 2.30. The third kappa shape index (κ3) is 9.12. The molecule has 13 heteroatoms. The van der Waals surface area contributed by atoms with Crippen LogP contribution in [0.1, 0.15) is 34.6 Å². The maximum Gasteiger partial charge on any atom is 0.345 e. The third-order valence-corrected chi connectivity index (χ3v) is 6.11. The third-order valence-electron chi connectivity index (χ3n) is 6.11. The molecule has 45 heavy (non-hydrogen) atoms. The van der Waals surface area contributed by atoms with Gasteiger partial charge in [-0.05, 0) is 84.9 Å². The maximum absolute atomic E-state index is 13.3. The van der Waals surface area contributed by atoms with Crippen molar-refractivity contribution >= 4 is 46.5 Å². The fraction of sp³-hybridized carbons (Fsp3) is 0.125. The molecule has 13 nitrogen and oxygen atoms in total. The van der Waals surface area contributed by atoms with Crippen LogP contribution in [0.25, 0.3) is 0 Å². The number of anilines is 4. The van der Waals surface area contributed by atoms with Crippen molar-refractivity contribution in [3.63, 3.8) is 0 Å². The van der Waals surface area contributed by atoms with Crippen LogP contribution >= 0.6 is 0 Å². The van der Waals surface area contributed by atoms with Crippen LogP contribution in [0, 0.1) is 10.1 Å². The quantitative estimate of drug-likeness (QED) is 0.0917. The molecule has 0 radical (unpaired) electrons. The van der Waals surface area contributed by atoms with Crippen molar-refractivity contribution < 1.29 is 38.6 Å². The fourth-order valence-corrected chi connectivity index (χ4v) is 4.20. The smallest absolute Gasteiger partial charge is 0.345 e. The van der Waals surface area contributed by atoms with E-state index in [0.29, 0.717) is 22.7 Å². The Morgan fingerprint density at radius 1 is 0.711 bits per heavy atom. The molecular formula is C32H28N4O9. The molecule has 0 unspecified atom stereocenters. The SMILES string of the molecule is CC(=O)Nc1ccc(OC(=O)c2ccc(N(CCO[N+](=O)[O-])c3ccccc3C(=O)Oc3ccc(NC(C)=O)cc3)cc2)cc1. The number of esters is 2. The largest absolute Gasteiger partial charge is 0.423 e. The van der Waals surface area contributed by atoms with E-state index in [4.69, 9.17) is 9.47 Å². The lowest BCUT2D eigenvalue weighted by Crippen LogP contribution is -2.26. The van der Waals surface area contributed by atoms with Crippen molar-refractivity contribution in [2.24, 2.45) is 0 Å². The van der Waals surface area contributed by atoms with Crippen molar-refractivity contribution in [2.45, 2.75) is 13.8 Å². The summed E-state index contributed by atoms with van der Waals surface area (Å²) in [5.41, 5.74) is 2.35. The molecule has 2 amide bonds. The highest BCUT2D eigenvalue weighted by Gasteiger charge is 2.21. The van der Waals surface area contributed by atoms with Gasteiger partial charge in [0, 0.05) is 37.5 Å². The highest BCUT2D eigenvalue weighted by atomic mass is 16.9. The number of amides is 2. The fourth-order valence-electron chi connectivity index (χ4n) is 4.20. The van der Waals surface area contributed by atoms with Crippen LogP contribution in [0.2, 0.25) is 0 Å². The summed E-state index contributed by atoms with van der Waals surface area (Å²) in [5, 5.41) is 15.2. The Hall–Kier alpha value is -6.24. The highest BCUT2D eigenvalue weighted by molar-refractivity contribution is 5.98. The minimum absolute atomic E-state index is 0.0267. The summed E-state index contributed by atoms with van der Waals surface area (Å²) in [6.07, 6.45) is 0. The molecule has 0 bridgehead atoms. The predicted octanol–water partition coefficient (Wildman–Crippen LogP) is 5.39. The summed E-state index contributed by atoms with van der Waals surface area (Å²) in [4.78, 5) is 65.5. The van der Waals surface area contributed by atoms with Crippen molar-refractivity contribution in [1.82, 2.24) is 0 Å². The van der Waals surface area contributed by atoms with E-state index in [2.05, 4.69) is 15.5 Å². The molecule has 2 N–H and O–H groups in total. The van der Waals surface area contributed by atoms with Crippen LogP contribution in [0.15, 0.2) is 97.1 Å². The van der Waals surface area contributed by atoms with E-state index in [0.717, 1.165) is 0 Å². The molecule has 0 aliphatic rings. The Bertz CT molecular complexity index is 1690. The number of carbonyl (C=O) groups excluding carboxylic acids is 4. The molecule has 0 aliphatic heterocycles. The Balaban J connectivity index is 1.54. The first kappa shape index (κ1) is 31.7. The zero-order chi connectivity index (χ0) is 32.3. The molecule has 0 fully saturated rings. The van der Waals surface area contributed by atoms with Crippen molar-refractivity contribution in [2.75, 3.05) is 28.7 Å². The van der Waals surface area contributed by atoms with Gasteiger partial charge in [0.1, 0.15) is 18.1 Å². The summed E-state index contributed by atoms with van der Waals surface area (Å²) in [6, 6.07) is 25.3. The average Bonchev–Trinajstić information content (AvgIpc) is 3.01. The number of carbonyl (C=O) groups is 4. The molecule has 4 aromatic carbocycles. The summed E-state index contributed by atoms with van der Waals surface area (Å²) in [7, 11) is 0. The van der Waals surface area contributed by atoms with Crippen LogP contribution in [-0.4, -0.2) is 42.0 Å². The molecule has 0 aliphatic carbocycles. The van der Waals surface area contributed by atoms with Crippen molar-refractivity contribution in [1.29, 1.82) is 0 Å². The summed E-state index contributed by atoms with van der Waals surface area (Å²) >= 11 is 0. The van der Waals surface area contributed by atoms with Gasteiger partial charge in [0.2, 0.25) is 11.8 Å². The number of hydrogen-bond donors (Lipinski definition) is 2. The summed E-state index contributed by atoms with van der Waals surface area (Å²) < 4.78 is 11.0. The standard InChI is InChI=1S/C32H28N4O9/c1-21(37)33-24-9-15-27(16-10-24)44-31(39)23-7-13-26(14-8-23)35(19-20-43-36(41)42)30-6-4-3-5-29(30)32(40)45-28-17-11-25(12-18-28)34-22(2)38/h3-18H,19-20H2,1-2H3,(H,33,37)(H,34,38). The Kier molecular flexibility index (Phi) is 10.4. The van der Waals surface area contributed by atoms with Crippen molar-refractivity contribution in [3.8, 4) is 11.5 Å². The van der Waals surface area contributed by atoms with Gasteiger partial charge in [0.25, 0.3) is 5.09 Å². The number of para-hydroxylation sites is 1. The van der Waals surface area contributed by atoms with Crippen LogP contribution in [0.4, 0.5) is 22.7 Å². The lowest BCUT2D eigenvalue weighted by atomic mass is 10.1. The van der Waals surface area contributed by atoms with E-state index in [1.807, 2.05) is 0 Å². The summed E-state index contributed by atoms with van der Waals surface area (Å²) in [5.74, 6) is -1.29. The molecule has 0 saturated carbocycles. The van der Waals surface area contributed by atoms with Gasteiger partial charge in [-0.2, -0.15) is 0 Å². The van der Waals surface area contributed by atoms with E-state index < -0.39 is 17.0 Å². The van der Waals surface area contributed by atoms with Crippen LogP contribution in [-0.2, 0) is 14.4 Å². The minimum atomic E-state index is -0.912. The lowest BCUT2D eigenvalue weighted by Gasteiger charge is -2.26. The van der Waals surface area contributed by atoms with Gasteiger partial charge in [0.05, 0.1) is 16.8 Å². The van der Waals surface area contributed by atoms with E-state index in [9.17, 15) is 29.3 Å². The van der Waals surface area contributed by atoms with Gasteiger partial charge in [-0.1, -0.05) is 12.1 Å². The second-order valence-corrected chi connectivity index (χ2v) is 9.46. The van der Waals surface area contributed by atoms with Crippen molar-refractivity contribution in [3.05, 3.63) is 118 Å². The van der Waals surface area contributed by atoms with Gasteiger partial charge in [-0.25, -0.2) is 9.59 Å². The van der Waals surface area contributed by atoms with Gasteiger partial charge < -0.3 is 29.8 Å². The molecule has 230 valence electrons. The van der Waals surface area contributed by atoms with E-state index >= 15 is 0 Å². The Labute approximate surface area is 257 Å². The van der Waals surface area contributed by atoms with E-state index in [1.165, 1.54) is 38.1 Å². The Morgan fingerprint density at radius 2 is 1.22 bits per heavy atom. The number of nitrogens with zero attached hydrogens (tertiary/aromatic N) is 2. The average molecular weight is 613 g/mol. The number of ether oxygens (including phenoxy) is 2. The van der Waals surface area contributed by atoms with Crippen LogP contribution < -0.4 is 25.0 Å². The molecule has 0 heterocycles. The van der Waals surface area contributed by atoms with Gasteiger partial charge in [-0.15, -0.1) is 10.1 Å². The number of nitrogens with one attached hydrogen (secondary N) is 2. The molecule has 4 aromatic rings. The first-order chi connectivity index (χ1) is 21.6. The molecular weight excluding hydrogens is 584 g/mol. The van der Waals surface area contributed by atoms with Crippen LogP contribution in [0.3, 0.4) is 0 Å². The normalized spacial score (nSPS) is 10.3. The second-order valence-electron chi connectivity index (χ2n) is 9.46.